The molecule has 1 unspecified atom stereocenters. The van der Waals surface area contributed by atoms with Crippen molar-refractivity contribution in [2.75, 3.05) is 13.2 Å². The van der Waals surface area contributed by atoms with Gasteiger partial charge >= 0.3 is 11.9 Å². The molecule has 0 N–H and O–H groups in total. The van der Waals surface area contributed by atoms with Gasteiger partial charge in [0.05, 0.1) is 35.1 Å². The van der Waals surface area contributed by atoms with Gasteiger partial charge in [0.25, 0.3) is 5.56 Å². The third kappa shape index (κ3) is 5.41. The number of carbonyl (C=O) groups excluding carboxylic acids is 2. The topological polar surface area (TPSA) is 96.2 Å². The largest absolute Gasteiger partial charge is 0.490 e. The van der Waals surface area contributed by atoms with Crippen LogP contribution in [-0.2, 0) is 14.3 Å². The van der Waals surface area contributed by atoms with Gasteiger partial charge in [-0.15, -0.1) is 0 Å². The fourth-order valence-corrected chi connectivity index (χ4v) is 5.18. The van der Waals surface area contributed by atoms with Crippen LogP contribution in [-0.4, -0.2) is 29.7 Å². The van der Waals surface area contributed by atoms with Crippen molar-refractivity contribution in [3.8, 4) is 11.5 Å². The van der Waals surface area contributed by atoms with Gasteiger partial charge < -0.3 is 14.2 Å². The summed E-state index contributed by atoms with van der Waals surface area (Å²) in [6.07, 6.45) is 1.74. The maximum atomic E-state index is 13.7. The van der Waals surface area contributed by atoms with Gasteiger partial charge in [-0.3, -0.25) is 14.2 Å². The van der Waals surface area contributed by atoms with E-state index < -0.39 is 18.0 Å². The van der Waals surface area contributed by atoms with Crippen LogP contribution in [0.2, 0.25) is 0 Å². The molecule has 0 aliphatic carbocycles. The normalized spacial score (nSPS) is 15.2. The molecule has 0 saturated carbocycles. The van der Waals surface area contributed by atoms with Crippen molar-refractivity contribution in [1.82, 2.24) is 4.57 Å². The van der Waals surface area contributed by atoms with E-state index in [9.17, 15) is 14.4 Å². The molecule has 2 aromatic carbocycles. The second-order valence-corrected chi connectivity index (χ2v) is 9.45. The number of benzene rings is 2. The van der Waals surface area contributed by atoms with Crippen molar-refractivity contribution in [2.24, 2.45) is 4.99 Å². The number of hydrogen-bond donors (Lipinski definition) is 0. The number of allylic oxidation sites excluding steroid dienone is 1. The molecular formula is C28H28N2O6S. The summed E-state index contributed by atoms with van der Waals surface area (Å²) in [4.78, 5) is 43.2. The van der Waals surface area contributed by atoms with Crippen molar-refractivity contribution in [3.05, 3.63) is 90.1 Å². The number of nitrogens with zero attached hydrogens (tertiary/aromatic N) is 2. The minimum atomic E-state index is -0.664. The zero-order chi connectivity index (χ0) is 26.7. The van der Waals surface area contributed by atoms with Crippen LogP contribution >= 0.6 is 11.3 Å². The standard InChI is InChI=1S/C28H28N2O6S/c1-6-34-22-14-19(10-13-21(22)36-18(5)31)15-23-26(32)30-25(20-11-8-16(3)9-12-20)24(27(33)35-7-2)17(4)29-28(30)37-23/h8-15,25H,6-7H2,1-5H3/b23-15+. The highest BCUT2D eigenvalue weighted by Gasteiger charge is 2.33. The molecule has 0 amide bonds. The van der Waals surface area contributed by atoms with Gasteiger partial charge in [0.1, 0.15) is 0 Å². The molecule has 3 aromatic rings. The third-order valence-electron chi connectivity index (χ3n) is 5.73. The first-order valence-corrected chi connectivity index (χ1v) is 12.8. The first kappa shape index (κ1) is 26.1. The van der Waals surface area contributed by atoms with Crippen LogP contribution in [0.3, 0.4) is 0 Å². The van der Waals surface area contributed by atoms with E-state index in [4.69, 9.17) is 14.2 Å². The highest BCUT2D eigenvalue weighted by Crippen LogP contribution is 2.31. The lowest BCUT2D eigenvalue weighted by atomic mass is 9.95. The number of rotatable bonds is 7. The number of aromatic nitrogens is 1. The fourth-order valence-electron chi connectivity index (χ4n) is 4.13. The first-order chi connectivity index (χ1) is 17.7. The van der Waals surface area contributed by atoms with E-state index in [0.29, 0.717) is 44.3 Å². The summed E-state index contributed by atoms with van der Waals surface area (Å²) >= 11 is 1.24. The zero-order valence-corrected chi connectivity index (χ0v) is 22.2. The summed E-state index contributed by atoms with van der Waals surface area (Å²) in [6.45, 7) is 9.22. The Morgan fingerprint density at radius 3 is 2.43 bits per heavy atom. The van der Waals surface area contributed by atoms with E-state index in [1.165, 1.54) is 18.3 Å². The minimum absolute atomic E-state index is 0.214. The highest BCUT2D eigenvalue weighted by atomic mass is 32.1. The Labute approximate surface area is 218 Å². The molecular weight excluding hydrogens is 492 g/mol. The summed E-state index contributed by atoms with van der Waals surface area (Å²) in [5.74, 6) is -0.240. The van der Waals surface area contributed by atoms with Crippen molar-refractivity contribution in [1.29, 1.82) is 0 Å². The molecule has 9 heteroatoms. The van der Waals surface area contributed by atoms with E-state index in [-0.39, 0.29) is 12.2 Å². The molecule has 0 fully saturated rings. The van der Waals surface area contributed by atoms with Crippen LogP contribution in [0.1, 0.15) is 50.4 Å². The van der Waals surface area contributed by atoms with Crippen LogP contribution in [0.15, 0.2) is 63.5 Å². The predicted molar refractivity (Wildman–Crippen MR) is 140 cm³/mol. The van der Waals surface area contributed by atoms with Crippen LogP contribution in [0, 0.1) is 6.92 Å². The molecule has 8 nitrogen and oxygen atoms in total. The molecule has 0 radical (unpaired) electrons. The minimum Gasteiger partial charge on any atom is -0.490 e. The number of fused-ring (bicyclic) bond motifs is 1. The van der Waals surface area contributed by atoms with Gasteiger partial charge in [0.2, 0.25) is 0 Å². The van der Waals surface area contributed by atoms with Gasteiger partial charge in [-0.2, -0.15) is 0 Å². The average molecular weight is 521 g/mol. The van der Waals surface area contributed by atoms with Crippen LogP contribution in [0.4, 0.5) is 0 Å². The van der Waals surface area contributed by atoms with Gasteiger partial charge in [0.15, 0.2) is 16.3 Å². The van der Waals surface area contributed by atoms with Gasteiger partial charge in [-0.05, 0) is 57.0 Å². The van der Waals surface area contributed by atoms with E-state index in [1.54, 1.807) is 42.7 Å². The molecule has 1 aliphatic rings. The van der Waals surface area contributed by atoms with E-state index in [1.807, 2.05) is 38.1 Å². The van der Waals surface area contributed by atoms with Crippen molar-refractivity contribution < 1.29 is 23.8 Å². The molecule has 0 spiro atoms. The lowest BCUT2D eigenvalue weighted by Gasteiger charge is -2.24. The molecule has 1 aliphatic heterocycles. The van der Waals surface area contributed by atoms with E-state index >= 15 is 0 Å². The van der Waals surface area contributed by atoms with Crippen LogP contribution < -0.4 is 24.4 Å². The Morgan fingerprint density at radius 2 is 1.78 bits per heavy atom. The van der Waals surface area contributed by atoms with Crippen molar-refractivity contribution >= 4 is 29.4 Å². The second-order valence-electron chi connectivity index (χ2n) is 8.45. The monoisotopic (exact) mass is 520 g/mol. The Hall–Kier alpha value is -3.98. The number of carbonyl (C=O) groups is 2. The quantitative estimate of drug-likeness (QED) is 0.350. The number of thiazole rings is 1. The van der Waals surface area contributed by atoms with Gasteiger partial charge in [-0.1, -0.05) is 47.2 Å². The molecule has 0 saturated heterocycles. The van der Waals surface area contributed by atoms with Gasteiger partial charge in [0, 0.05) is 6.92 Å². The summed E-state index contributed by atoms with van der Waals surface area (Å²) in [7, 11) is 0. The molecule has 37 heavy (non-hydrogen) atoms. The predicted octanol–water partition coefficient (Wildman–Crippen LogP) is 3.43. The maximum Gasteiger partial charge on any atom is 0.338 e. The Bertz CT molecular complexity index is 1560. The summed E-state index contributed by atoms with van der Waals surface area (Å²) in [6, 6.07) is 12.1. The van der Waals surface area contributed by atoms with E-state index in [0.717, 1.165) is 11.1 Å². The third-order valence-corrected chi connectivity index (χ3v) is 6.71. The Morgan fingerprint density at radius 1 is 1.05 bits per heavy atom. The Kier molecular flexibility index (Phi) is 7.73. The number of aryl methyl sites for hydroxylation is 1. The lowest BCUT2D eigenvalue weighted by Crippen LogP contribution is -2.39. The number of hydrogen-bond acceptors (Lipinski definition) is 8. The SMILES string of the molecule is CCOC(=O)C1=C(C)N=c2s/c(=C/c3ccc(OC(C)=O)c(OCC)c3)c(=O)n2C1c1ccc(C)cc1. The van der Waals surface area contributed by atoms with Crippen molar-refractivity contribution in [2.45, 2.75) is 40.7 Å². The van der Waals surface area contributed by atoms with Gasteiger partial charge in [-0.25, -0.2) is 9.79 Å². The van der Waals surface area contributed by atoms with Crippen LogP contribution in [0.25, 0.3) is 6.08 Å². The molecule has 2 heterocycles. The number of ether oxygens (including phenoxy) is 3. The molecule has 4 rings (SSSR count). The zero-order valence-electron chi connectivity index (χ0n) is 21.4. The smallest absolute Gasteiger partial charge is 0.338 e. The molecule has 1 atom stereocenters. The van der Waals surface area contributed by atoms with E-state index in [2.05, 4.69) is 4.99 Å². The molecule has 0 bridgehead atoms. The fraction of sp³-hybridized carbons (Fsp3) is 0.286. The summed E-state index contributed by atoms with van der Waals surface area (Å²) < 4.78 is 18.2. The van der Waals surface area contributed by atoms with Crippen molar-refractivity contribution in [3.63, 3.8) is 0 Å². The lowest BCUT2D eigenvalue weighted by molar-refractivity contribution is -0.139. The maximum absolute atomic E-state index is 13.7. The first-order valence-electron chi connectivity index (χ1n) is 11.9. The summed E-state index contributed by atoms with van der Waals surface area (Å²) in [5, 5.41) is 0. The number of esters is 2. The molecule has 1 aromatic heterocycles. The Balaban J connectivity index is 1.88. The second kappa shape index (κ2) is 11.0. The van der Waals surface area contributed by atoms with Crippen LogP contribution in [0.5, 0.6) is 11.5 Å². The molecule has 192 valence electrons. The highest BCUT2D eigenvalue weighted by molar-refractivity contribution is 7.07. The summed E-state index contributed by atoms with van der Waals surface area (Å²) in [5.41, 5.74) is 3.13. The average Bonchev–Trinajstić information content (AvgIpc) is 3.14.